The maximum Gasteiger partial charge on any atom is 0.303 e. The molecule has 5 heteroatoms. The van der Waals surface area contributed by atoms with Crippen molar-refractivity contribution in [3.63, 3.8) is 0 Å². The summed E-state index contributed by atoms with van der Waals surface area (Å²) in [5, 5.41) is 8.79. The average molecular weight is 441 g/mol. The molecule has 0 aromatic carbocycles. The van der Waals surface area contributed by atoms with Crippen molar-refractivity contribution in [3.05, 3.63) is 12.2 Å². The summed E-state index contributed by atoms with van der Waals surface area (Å²) in [7, 11) is 0. The van der Waals surface area contributed by atoms with E-state index in [4.69, 9.17) is 19.3 Å². The van der Waals surface area contributed by atoms with E-state index in [-0.39, 0.29) is 12.5 Å². The van der Waals surface area contributed by atoms with Gasteiger partial charge in [0, 0.05) is 13.0 Å². The van der Waals surface area contributed by atoms with Crippen LogP contribution >= 0.6 is 0 Å². The van der Waals surface area contributed by atoms with Crippen LogP contribution in [0.1, 0.15) is 117 Å². The van der Waals surface area contributed by atoms with E-state index in [2.05, 4.69) is 19.1 Å². The minimum absolute atomic E-state index is 0.0551. The molecule has 31 heavy (non-hydrogen) atoms. The number of carboxylic acids is 1. The maximum absolute atomic E-state index is 10.7. The highest BCUT2D eigenvalue weighted by Gasteiger charge is 2.37. The Kier molecular flexibility index (Phi) is 16.9. The van der Waals surface area contributed by atoms with Crippen LogP contribution in [0.15, 0.2) is 12.2 Å². The average Bonchev–Trinajstić information content (AvgIpc) is 3.13. The van der Waals surface area contributed by atoms with Gasteiger partial charge in [-0.15, -0.1) is 0 Å². The summed E-state index contributed by atoms with van der Waals surface area (Å²) >= 11 is 0. The van der Waals surface area contributed by atoms with E-state index in [0.717, 1.165) is 13.0 Å². The van der Waals surface area contributed by atoms with Gasteiger partial charge in [0.2, 0.25) is 0 Å². The largest absolute Gasteiger partial charge is 0.481 e. The first kappa shape index (κ1) is 28.1. The van der Waals surface area contributed by atoms with Crippen molar-refractivity contribution in [1.29, 1.82) is 0 Å². The van der Waals surface area contributed by atoms with Gasteiger partial charge in [-0.25, -0.2) is 0 Å². The topological polar surface area (TPSA) is 65.0 Å². The Labute approximate surface area is 190 Å². The Hall–Kier alpha value is -0.910. The van der Waals surface area contributed by atoms with Gasteiger partial charge in [0.05, 0.1) is 19.6 Å². The minimum atomic E-state index is -0.826. The Morgan fingerprint density at radius 1 is 0.968 bits per heavy atom. The molecule has 1 aliphatic rings. The summed E-state index contributed by atoms with van der Waals surface area (Å²) < 4.78 is 17.2. The standard InChI is InChI=1S/C26H48O5/c1-3-4-5-6-7-8-9-10-11-12-13-14-15-16-17-18-21-29-22-24-23-30-26(2,31-24)20-19-25(27)28/h10-11,24H,3-9,12-23H2,1-2H3,(H,27,28)/b11-10-. The lowest BCUT2D eigenvalue weighted by molar-refractivity contribution is -0.170. The van der Waals surface area contributed by atoms with Crippen LogP contribution in [0.25, 0.3) is 0 Å². The van der Waals surface area contributed by atoms with Gasteiger partial charge in [0.15, 0.2) is 5.79 Å². The molecule has 0 bridgehead atoms. The summed E-state index contributed by atoms with van der Waals surface area (Å²) in [6.07, 6.45) is 23.4. The van der Waals surface area contributed by atoms with Gasteiger partial charge in [-0.2, -0.15) is 0 Å². The highest BCUT2D eigenvalue weighted by molar-refractivity contribution is 5.66. The molecule has 1 rings (SSSR count). The van der Waals surface area contributed by atoms with Crippen LogP contribution in [0.5, 0.6) is 0 Å². The molecule has 1 fully saturated rings. The van der Waals surface area contributed by atoms with Crippen molar-refractivity contribution in [2.75, 3.05) is 19.8 Å². The van der Waals surface area contributed by atoms with Crippen molar-refractivity contribution in [2.24, 2.45) is 0 Å². The lowest BCUT2D eigenvalue weighted by atomic mass is 10.1. The van der Waals surface area contributed by atoms with Crippen molar-refractivity contribution in [3.8, 4) is 0 Å². The van der Waals surface area contributed by atoms with E-state index in [1.165, 1.54) is 83.5 Å². The lowest BCUT2D eigenvalue weighted by Crippen LogP contribution is -2.28. The molecule has 1 aliphatic heterocycles. The Morgan fingerprint density at radius 2 is 1.55 bits per heavy atom. The smallest absolute Gasteiger partial charge is 0.303 e. The lowest BCUT2D eigenvalue weighted by Gasteiger charge is -2.22. The molecule has 182 valence electrons. The van der Waals surface area contributed by atoms with Crippen LogP contribution in [0.2, 0.25) is 0 Å². The monoisotopic (exact) mass is 440 g/mol. The highest BCUT2D eigenvalue weighted by atomic mass is 16.7. The fourth-order valence-corrected chi connectivity index (χ4v) is 3.90. The molecule has 0 aromatic heterocycles. The predicted molar refractivity (Wildman–Crippen MR) is 126 cm³/mol. The first-order valence-electron chi connectivity index (χ1n) is 12.8. The third kappa shape index (κ3) is 16.4. The molecule has 0 spiro atoms. The van der Waals surface area contributed by atoms with Crippen molar-refractivity contribution in [2.45, 2.75) is 128 Å². The highest BCUT2D eigenvalue weighted by Crippen LogP contribution is 2.28. The van der Waals surface area contributed by atoms with Crippen LogP contribution in [-0.2, 0) is 19.0 Å². The third-order valence-corrected chi connectivity index (χ3v) is 5.89. The second-order valence-corrected chi connectivity index (χ2v) is 9.09. The number of unbranched alkanes of at least 4 members (excludes halogenated alkanes) is 12. The maximum atomic E-state index is 10.7. The van der Waals surface area contributed by atoms with Gasteiger partial charge in [-0.05, 0) is 39.0 Å². The van der Waals surface area contributed by atoms with E-state index in [0.29, 0.717) is 19.6 Å². The van der Waals surface area contributed by atoms with Crippen LogP contribution in [0.4, 0.5) is 0 Å². The van der Waals surface area contributed by atoms with Gasteiger partial charge < -0.3 is 19.3 Å². The van der Waals surface area contributed by atoms with E-state index in [9.17, 15) is 4.79 Å². The number of rotatable bonds is 21. The number of hydrogen-bond donors (Lipinski definition) is 1. The SMILES string of the molecule is CCCCCCCC/C=C\CCCCCCCCOCC1COC(C)(CCC(=O)O)O1. The van der Waals surface area contributed by atoms with Crippen LogP contribution < -0.4 is 0 Å². The molecule has 5 nitrogen and oxygen atoms in total. The summed E-state index contributed by atoms with van der Waals surface area (Å²) in [6.45, 7) is 5.83. The molecule has 2 unspecified atom stereocenters. The van der Waals surface area contributed by atoms with Gasteiger partial charge in [-0.1, -0.05) is 76.9 Å². The molecule has 0 saturated carbocycles. The first-order chi connectivity index (χ1) is 15.1. The summed E-state index contributed by atoms with van der Waals surface area (Å²) in [5.74, 6) is -1.61. The molecule has 1 N–H and O–H groups in total. The van der Waals surface area contributed by atoms with Crippen LogP contribution in [0.3, 0.4) is 0 Å². The first-order valence-corrected chi connectivity index (χ1v) is 12.8. The van der Waals surface area contributed by atoms with Gasteiger partial charge in [-0.3, -0.25) is 4.79 Å². The Morgan fingerprint density at radius 3 is 2.16 bits per heavy atom. The fraction of sp³-hybridized carbons (Fsp3) is 0.885. The molecule has 0 aliphatic carbocycles. The zero-order chi connectivity index (χ0) is 22.6. The van der Waals surface area contributed by atoms with Crippen molar-refractivity contribution >= 4 is 5.97 Å². The second kappa shape index (κ2) is 18.6. The summed E-state index contributed by atoms with van der Waals surface area (Å²) in [6, 6.07) is 0. The van der Waals surface area contributed by atoms with Crippen molar-refractivity contribution in [1.82, 2.24) is 0 Å². The zero-order valence-corrected chi connectivity index (χ0v) is 20.2. The Balaban J connectivity index is 1.81. The van der Waals surface area contributed by atoms with Crippen molar-refractivity contribution < 1.29 is 24.1 Å². The predicted octanol–water partition coefficient (Wildman–Crippen LogP) is 7.04. The fourth-order valence-electron chi connectivity index (χ4n) is 3.90. The second-order valence-electron chi connectivity index (χ2n) is 9.09. The number of aliphatic carboxylic acids is 1. The Bertz CT molecular complexity index is 465. The number of carboxylic acid groups (broad SMARTS) is 1. The quantitative estimate of drug-likeness (QED) is 0.153. The number of allylic oxidation sites excluding steroid dienone is 2. The number of ether oxygens (including phenoxy) is 3. The minimum Gasteiger partial charge on any atom is -0.481 e. The molecule has 1 heterocycles. The summed E-state index contributed by atoms with van der Waals surface area (Å²) in [4.78, 5) is 10.7. The summed E-state index contributed by atoms with van der Waals surface area (Å²) in [5.41, 5.74) is 0. The van der Waals surface area contributed by atoms with E-state index < -0.39 is 11.8 Å². The molecule has 0 amide bonds. The number of hydrogen-bond acceptors (Lipinski definition) is 4. The molecule has 0 radical (unpaired) electrons. The third-order valence-electron chi connectivity index (χ3n) is 5.89. The van der Waals surface area contributed by atoms with Crippen LogP contribution in [-0.4, -0.2) is 42.8 Å². The van der Waals surface area contributed by atoms with Gasteiger partial charge in [0.25, 0.3) is 0 Å². The molecule has 2 atom stereocenters. The van der Waals surface area contributed by atoms with Gasteiger partial charge in [0.1, 0.15) is 6.10 Å². The van der Waals surface area contributed by atoms with Crippen LogP contribution in [0, 0.1) is 0 Å². The molecular formula is C26H48O5. The van der Waals surface area contributed by atoms with Gasteiger partial charge >= 0.3 is 5.97 Å². The molecular weight excluding hydrogens is 392 g/mol. The zero-order valence-electron chi connectivity index (χ0n) is 20.2. The molecule has 0 aromatic rings. The van der Waals surface area contributed by atoms with E-state index in [1.54, 1.807) is 6.92 Å². The van der Waals surface area contributed by atoms with E-state index >= 15 is 0 Å². The normalized spacial score (nSPS) is 21.3. The number of carbonyl (C=O) groups is 1. The van der Waals surface area contributed by atoms with E-state index in [1.807, 2.05) is 0 Å². The molecule has 1 saturated heterocycles.